The third-order valence-corrected chi connectivity index (χ3v) is 1.59. The minimum Gasteiger partial charge on any atom is -0.445 e. The molecule has 1 rings (SSSR count). The molecule has 0 unspecified atom stereocenters. The third-order valence-electron chi connectivity index (χ3n) is 1.59. The fourth-order valence-electron chi connectivity index (χ4n) is 0.904. The predicted octanol–water partition coefficient (Wildman–Crippen LogP) is -1.11. The van der Waals surface area contributed by atoms with Gasteiger partial charge in [0.15, 0.2) is 5.82 Å². The first-order valence-corrected chi connectivity index (χ1v) is 3.46. The molecule has 0 aliphatic heterocycles. The number of nitrogens with zero attached hydrogens (tertiary/aromatic N) is 1. The second-order valence-corrected chi connectivity index (χ2v) is 2.52. The van der Waals surface area contributed by atoms with Gasteiger partial charge in [-0.05, 0) is 6.07 Å². The zero-order valence-corrected chi connectivity index (χ0v) is 10.7. The molecule has 1 nitrogen and oxygen atoms in total. The molecule has 0 bridgehead atoms. The molecule has 0 fully saturated rings. The van der Waals surface area contributed by atoms with Gasteiger partial charge in [0.2, 0.25) is 0 Å². The van der Waals surface area contributed by atoms with Crippen molar-refractivity contribution in [1.82, 2.24) is 0 Å². The molecule has 15 heavy (non-hydrogen) atoms. The monoisotopic (exact) mass is 245 g/mol. The number of hydrogen-bond acceptors (Lipinski definition) is 1. The number of hydrogen-bond donors (Lipinski definition) is 0. The van der Waals surface area contributed by atoms with Gasteiger partial charge in [-0.25, -0.2) is 8.78 Å². The van der Waals surface area contributed by atoms with Gasteiger partial charge in [0.1, 0.15) is 11.9 Å². The summed E-state index contributed by atoms with van der Waals surface area (Å²) in [5, 5.41) is 8.20. The van der Waals surface area contributed by atoms with Crippen LogP contribution in [0.2, 0.25) is 0 Å². The summed E-state index contributed by atoms with van der Waals surface area (Å²) in [6.45, 7) is -5.59. The average Bonchev–Trinajstić information content (AvgIpc) is 2.07. The van der Waals surface area contributed by atoms with E-state index in [1.54, 1.807) is 0 Å². The van der Waals surface area contributed by atoms with Crippen molar-refractivity contribution < 1.29 is 73.1 Å². The Kier molecular flexibility index (Phi) is 5.43. The van der Waals surface area contributed by atoms with Crippen molar-refractivity contribution in [3.05, 3.63) is 29.3 Å². The van der Waals surface area contributed by atoms with Crippen molar-refractivity contribution in [1.29, 1.82) is 5.26 Å². The van der Waals surface area contributed by atoms with Crippen LogP contribution >= 0.6 is 0 Å². The van der Waals surface area contributed by atoms with Crippen molar-refractivity contribution in [2.24, 2.45) is 0 Å². The summed E-state index contributed by atoms with van der Waals surface area (Å²) in [7, 11) is 0. The van der Waals surface area contributed by atoms with Gasteiger partial charge in [0, 0.05) is 0 Å². The average molecular weight is 245 g/mol. The molecule has 1 aromatic rings. The molecular weight excluding hydrogens is 243 g/mol. The Morgan fingerprint density at radius 1 is 1.07 bits per heavy atom. The molecule has 1 aromatic carbocycles. The van der Waals surface area contributed by atoms with Crippen LogP contribution in [0.5, 0.6) is 0 Å². The predicted molar refractivity (Wildman–Crippen MR) is 39.8 cm³/mol. The minimum absolute atomic E-state index is 0. The van der Waals surface area contributed by atoms with E-state index in [0.29, 0.717) is 12.1 Å². The Bertz CT molecular complexity index is 411. The summed E-state index contributed by atoms with van der Waals surface area (Å²) in [4.78, 5) is 0. The van der Waals surface area contributed by atoms with Crippen LogP contribution in [-0.2, 0) is 0 Å². The summed E-state index contributed by atoms with van der Waals surface area (Å²) < 4.78 is 61.5. The Morgan fingerprint density at radius 3 is 2.00 bits per heavy atom. The Balaban J connectivity index is 0.00000196. The number of nitriles is 1. The summed E-state index contributed by atoms with van der Waals surface area (Å²) in [6, 6.07) is 2.20. The van der Waals surface area contributed by atoms with E-state index in [1.165, 1.54) is 6.07 Å². The molecule has 0 heterocycles. The second kappa shape index (κ2) is 5.41. The molecule has 0 saturated carbocycles. The molecular formula is C7H2BF5KN. The Morgan fingerprint density at radius 2 is 1.60 bits per heavy atom. The van der Waals surface area contributed by atoms with Crippen LogP contribution in [0, 0.1) is 23.0 Å². The number of rotatable bonds is 1. The number of halogens is 5. The topological polar surface area (TPSA) is 23.8 Å². The first kappa shape index (κ1) is 15.1. The molecule has 74 valence electrons. The summed E-state index contributed by atoms with van der Waals surface area (Å²) in [5.74, 6) is -3.78. The van der Waals surface area contributed by atoms with Crippen molar-refractivity contribution in [3.8, 4) is 6.07 Å². The molecule has 0 N–H and O–H groups in total. The first-order chi connectivity index (χ1) is 6.38. The summed E-state index contributed by atoms with van der Waals surface area (Å²) in [6.07, 6.45) is 0. The second-order valence-electron chi connectivity index (χ2n) is 2.52. The van der Waals surface area contributed by atoms with Crippen LogP contribution in [0.3, 0.4) is 0 Å². The van der Waals surface area contributed by atoms with Crippen molar-refractivity contribution in [2.75, 3.05) is 0 Å². The molecule has 0 atom stereocenters. The van der Waals surface area contributed by atoms with Gasteiger partial charge in [-0.2, -0.15) is 5.26 Å². The molecule has 0 saturated heterocycles. The van der Waals surface area contributed by atoms with E-state index in [1.807, 2.05) is 0 Å². The Hall–Kier alpha value is 0.0613. The van der Waals surface area contributed by atoms with Gasteiger partial charge in [0.05, 0.1) is 5.56 Å². The van der Waals surface area contributed by atoms with Gasteiger partial charge in [-0.3, -0.25) is 0 Å². The molecule has 0 aliphatic rings. The van der Waals surface area contributed by atoms with E-state index in [0.717, 1.165) is 0 Å². The standard InChI is InChI=1S/C7H2BF5N.K/c9-6-4(3-14)1-2-5(7(6)10)8(11,12)13;/h1-2H;/q-1;+1. The SMILES string of the molecule is N#Cc1ccc([B-](F)(F)F)c(F)c1F.[K+]. The maximum absolute atomic E-state index is 12.7. The smallest absolute Gasteiger partial charge is 0.445 e. The van der Waals surface area contributed by atoms with Crippen LogP contribution in [0.25, 0.3) is 0 Å². The van der Waals surface area contributed by atoms with Crippen LogP contribution in [0.15, 0.2) is 12.1 Å². The summed E-state index contributed by atoms with van der Waals surface area (Å²) >= 11 is 0. The Labute approximate surface area is 125 Å². The van der Waals surface area contributed by atoms with Crippen LogP contribution in [-0.4, -0.2) is 6.98 Å². The van der Waals surface area contributed by atoms with Crippen molar-refractivity contribution in [2.45, 2.75) is 0 Å². The van der Waals surface area contributed by atoms with E-state index >= 15 is 0 Å². The zero-order chi connectivity index (χ0) is 10.9. The van der Waals surface area contributed by atoms with Crippen LogP contribution in [0.1, 0.15) is 5.56 Å². The zero-order valence-electron chi connectivity index (χ0n) is 7.57. The molecule has 0 spiro atoms. The minimum atomic E-state index is -5.59. The van der Waals surface area contributed by atoms with E-state index in [-0.39, 0.29) is 51.4 Å². The largest absolute Gasteiger partial charge is 1.00 e. The fourth-order valence-corrected chi connectivity index (χ4v) is 0.904. The normalized spacial score (nSPS) is 10.4. The third kappa shape index (κ3) is 3.26. The molecule has 0 aliphatic carbocycles. The van der Waals surface area contributed by atoms with Crippen LogP contribution < -0.4 is 56.8 Å². The van der Waals surface area contributed by atoms with Gasteiger partial charge in [-0.1, -0.05) is 11.5 Å². The molecule has 8 heteroatoms. The maximum atomic E-state index is 12.7. The molecule has 0 aromatic heterocycles. The fraction of sp³-hybridized carbons (Fsp3) is 0. The van der Waals surface area contributed by atoms with Crippen molar-refractivity contribution in [3.63, 3.8) is 0 Å². The van der Waals surface area contributed by atoms with Crippen LogP contribution in [0.4, 0.5) is 21.7 Å². The quantitative estimate of drug-likeness (QED) is 0.455. The van der Waals surface area contributed by atoms with Gasteiger partial charge >= 0.3 is 58.4 Å². The van der Waals surface area contributed by atoms with Gasteiger partial charge < -0.3 is 12.9 Å². The van der Waals surface area contributed by atoms with E-state index in [2.05, 4.69) is 0 Å². The maximum Gasteiger partial charge on any atom is 1.00 e. The first-order valence-electron chi connectivity index (χ1n) is 3.46. The van der Waals surface area contributed by atoms with E-state index < -0.39 is 29.6 Å². The molecule has 0 radical (unpaired) electrons. The van der Waals surface area contributed by atoms with Gasteiger partial charge in [-0.15, -0.1) is 0 Å². The van der Waals surface area contributed by atoms with Gasteiger partial charge in [0.25, 0.3) is 0 Å². The van der Waals surface area contributed by atoms with Crippen molar-refractivity contribution >= 4 is 12.4 Å². The summed E-state index contributed by atoms with van der Waals surface area (Å²) in [5.41, 5.74) is -2.40. The number of benzene rings is 1. The van der Waals surface area contributed by atoms with E-state index in [9.17, 15) is 21.7 Å². The van der Waals surface area contributed by atoms with E-state index in [4.69, 9.17) is 5.26 Å². The molecule has 0 amide bonds.